The van der Waals surface area contributed by atoms with E-state index in [1.807, 2.05) is 36.4 Å². The number of benzene rings is 2. The summed E-state index contributed by atoms with van der Waals surface area (Å²) in [7, 11) is 0. The Bertz CT molecular complexity index is 629. The van der Waals surface area contributed by atoms with Gasteiger partial charge in [-0.2, -0.15) is 0 Å². The molecule has 0 amide bonds. The maximum absolute atomic E-state index is 6.06. The number of thioether (sulfide) groups is 1. The molecule has 0 spiro atoms. The van der Waals surface area contributed by atoms with E-state index in [9.17, 15) is 0 Å². The maximum atomic E-state index is 6.06. The van der Waals surface area contributed by atoms with Crippen LogP contribution in [0.4, 0.5) is 0 Å². The Morgan fingerprint density at radius 3 is 1.91 bits per heavy atom. The second-order valence-electron chi connectivity index (χ2n) is 4.31. The van der Waals surface area contributed by atoms with Gasteiger partial charge in [-0.05, 0) is 36.4 Å². The average Bonchev–Trinajstić information content (AvgIpc) is 2.49. The van der Waals surface area contributed by atoms with E-state index in [4.69, 9.17) is 58.6 Å². The summed E-state index contributed by atoms with van der Waals surface area (Å²) in [5.74, 6) is 0. The van der Waals surface area contributed by atoms with E-state index in [1.54, 1.807) is 12.1 Å². The molecule has 0 aliphatic rings. The van der Waals surface area contributed by atoms with Gasteiger partial charge in [-0.1, -0.05) is 59.3 Å². The molecular formula is C15H11Cl4NS2. The van der Waals surface area contributed by atoms with Crippen molar-refractivity contribution in [3.8, 4) is 0 Å². The minimum Gasteiger partial charge on any atom is -0.361 e. The van der Waals surface area contributed by atoms with Gasteiger partial charge in [0.2, 0.25) is 0 Å². The molecule has 0 unspecified atom stereocenters. The van der Waals surface area contributed by atoms with Crippen molar-refractivity contribution >= 4 is 75.4 Å². The molecule has 7 heteroatoms. The molecule has 2 aromatic rings. The molecule has 0 saturated carbocycles. The Hall–Kier alpha value is -0.160. The summed E-state index contributed by atoms with van der Waals surface area (Å²) >= 11 is 30.7. The van der Waals surface area contributed by atoms with Gasteiger partial charge in [-0.3, -0.25) is 0 Å². The second kappa shape index (κ2) is 8.62. The summed E-state index contributed by atoms with van der Waals surface area (Å²) < 4.78 is 0. The fourth-order valence-electron chi connectivity index (χ4n) is 1.62. The quantitative estimate of drug-likeness (QED) is 0.273. The normalized spacial score (nSPS) is 12.2. The highest BCUT2D eigenvalue weighted by Gasteiger charge is 2.20. The molecule has 0 radical (unpaired) electrons. The van der Waals surface area contributed by atoms with Crippen LogP contribution in [0.5, 0.6) is 0 Å². The SMILES string of the molecule is S=C(N[C@H](Sc1ccc(Cl)cc1)C(Cl)Cl)c1ccc(Cl)cc1. The maximum Gasteiger partial charge on any atom is 0.137 e. The first-order chi connectivity index (χ1) is 10.5. The highest BCUT2D eigenvalue weighted by atomic mass is 35.5. The first kappa shape index (κ1) is 18.2. The predicted octanol–water partition coefficient (Wildman–Crippen LogP) is 6.18. The highest BCUT2D eigenvalue weighted by molar-refractivity contribution is 8.00. The van der Waals surface area contributed by atoms with E-state index in [0.717, 1.165) is 10.5 Å². The number of alkyl halides is 2. The molecule has 0 heterocycles. The molecule has 116 valence electrons. The van der Waals surface area contributed by atoms with Gasteiger partial charge in [0.15, 0.2) is 0 Å². The van der Waals surface area contributed by atoms with Gasteiger partial charge in [0, 0.05) is 20.5 Å². The summed E-state index contributed by atoms with van der Waals surface area (Å²) in [5, 5.41) is 4.22. The first-order valence-corrected chi connectivity index (χ1v) is 9.14. The lowest BCUT2D eigenvalue weighted by molar-refractivity contribution is 0.881. The molecule has 1 nitrogen and oxygen atoms in total. The van der Waals surface area contributed by atoms with E-state index in [1.165, 1.54) is 11.8 Å². The molecule has 0 bridgehead atoms. The molecule has 0 aromatic heterocycles. The summed E-state index contributed by atoms with van der Waals surface area (Å²) in [6.07, 6.45) is 0. The summed E-state index contributed by atoms with van der Waals surface area (Å²) in [6, 6.07) is 14.7. The van der Waals surface area contributed by atoms with Crippen molar-refractivity contribution in [2.75, 3.05) is 0 Å². The molecule has 0 aliphatic carbocycles. The van der Waals surface area contributed by atoms with Crippen LogP contribution in [0.25, 0.3) is 0 Å². The van der Waals surface area contributed by atoms with Crippen LogP contribution in [-0.2, 0) is 0 Å². The number of hydrogen-bond acceptors (Lipinski definition) is 2. The molecule has 2 aromatic carbocycles. The van der Waals surface area contributed by atoms with Crippen molar-refractivity contribution in [1.29, 1.82) is 0 Å². The molecule has 0 fully saturated rings. The van der Waals surface area contributed by atoms with Gasteiger partial charge in [-0.15, -0.1) is 23.2 Å². The molecule has 0 aliphatic heterocycles. The minimum atomic E-state index is -0.633. The zero-order valence-electron chi connectivity index (χ0n) is 11.1. The van der Waals surface area contributed by atoms with Crippen molar-refractivity contribution < 1.29 is 0 Å². The van der Waals surface area contributed by atoms with Crippen LogP contribution in [-0.4, -0.2) is 15.2 Å². The Kier molecular flexibility index (Phi) is 7.13. The molecule has 22 heavy (non-hydrogen) atoms. The third kappa shape index (κ3) is 5.48. The Labute approximate surface area is 159 Å². The van der Waals surface area contributed by atoms with Gasteiger partial charge < -0.3 is 5.32 Å². The standard InChI is InChI=1S/C15H11Cl4NS2/c16-10-3-1-9(2-4-10)14(21)20-15(13(18)19)22-12-7-5-11(17)6-8-12/h1-8,13,15H,(H,20,21)/t15-/m1/s1. The lowest BCUT2D eigenvalue weighted by Crippen LogP contribution is -2.36. The third-order valence-corrected chi connectivity index (χ3v) is 5.53. The van der Waals surface area contributed by atoms with Gasteiger partial charge in [0.25, 0.3) is 0 Å². The van der Waals surface area contributed by atoms with E-state index in [-0.39, 0.29) is 5.37 Å². The molecule has 1 atom stereocenters. The van der Waals surface area contributed by atoms with Crippen molar-refractivity contribution in [3.05, 3.63) is 64.1 Å². The number of halogens is 4. The number of thiocarbonyl (C=S) groups is 1. The van der Waals surface area contributed by atoms with Crippen molar-refractivity contribution in [2.45, 2.75) is 15.1 Å². The van der Waals surface area contributed by atoms with E-state index < -0.39 is 4.84 Å². The Morgan fingerprint density at radius 1 is 0.909 bits per heavy atom. The predicted molar refractivity (Wildman–Crippen MR) is 103 cm³/mol. The van der Waals surface area contributed by atoms with Crippen LogP contribution < -0.4 is 5.32 Å². The third-order valence-electron chi connectivity index (χ3n) is 2.69. The van der Waals surface area contributed by atoms with Crippen LogP contribution in [0.2, 0.25) is 10.0 Å². The van der Waals surface area contributed by atoms with Gasteiger partial charge in [0.05, 0.1) is 0 Å². The van der Waals surface area contributed by atoms with E-state index >= 15 is 0 Å². The van der Waals surface area contributed by atoms with Crippen LogP contribution in [0.15, 0.2) is 53.4 Å². The smallest absolute Gasteiger partial charge is 0.137 e. The van der Waals surface area contributed by atoms with Gasteiger partial charge in [0.1, 0.15) is 15.2 Å². The fourth-order valence-corrected chi connectivity index (χ4v) is 3.51. The van der Waals surface area contributed by atoms with Gasteiger partial charge >= 0.3 is 0 Å². The Balaban J connectivity index is 2.06. The molecule has 0 saturated heterocycles. The van der Waals surface area contributed by atoms with E-state index in [0.29, 0.717) is 15.0 Å². The zero-order valence-corrected chi connectivity index (χ0v) is 15.8. The van der Waals surface area contributed by atoms with Crippen LogP contribution in [0, 0.1) is 0 Å². The molecule has 2 rings (SSSR count). The lowest BCUT2D eigenvalue weighted by Gasteiger charge is -2.21. The van der Waals surface area contributed by atoms with Crippen molar-refractivity contribution in [2.24, 2.45) is 0 Å². The summed E-state index contributed by atoms with van der Waals surface area (Å²) in [4.78, 5) is 0.924. The summed E-state index contributed by atoms with van der Waals surface area (Å²) in [6.45, 7) is 0. The zero-order chi connectivity index (χ0) is 16.1. The van der Waals surface area contributed by atoms with Gasteiger partial charge in [-0.25, -0.2) is 0 Å². The largest absolute Gasteiger partial charge is 0.361 e. The first-order valence-electron chi connectivity index (χ1n) is 6.22. The lowest BCUT2D eigenvalue weighted by atomic mass is 10.2. The van der Waals surface area contributed by atoms with Crippen LogP contribution in [0.1, 0.15) is 5.56 Å². The number of rotatable bonds is 5. The van der Waals surface area contributed by atoms with Crippen molar-refractivity contribution in [1.82, 2.24) is 5.32 Å². The monoisotopic (exact) mass is 409 g/mol. The topological polar surface area (TPSA) is 12.0 Å². The Morgan fingerprint density at radius 2 is 1.41 bits per heavy atom. The second-order valence-corrected chi connectivity index (χ2v) is 7.97. The minimum absolute atomic E-state index is 0.285. The number of hydrogen-bond donors (Lipinski definition) is 1. The molecular weight excluding hydrogens is 400 g/mol. The van der Waals surface area contributed by atoms with Crippen molar-refractivity contribution in [3.63, 3.8) is 0 Å². The van der Waals surface area contributed by atoms with Crippen LogP contribution >= 0.6 is 70.4 Å². The number of nitrogens with one attached hydrogen (secondary N) is 1. The fraction of sp³-hybridized carbons (Fsp3) is 0.133. The average molecular weight is 411 g/mol. The summed E-state index contributed by atoms with van der Waals surface area (Å²) in [5.41, 5.74) is 0.857. The molecule has 1 N–H and O–H groups in total. The van der Waals surface area contributed by atoms with E-state index in [2.05, 4.69) is 5.32 Å². The highest BCUT2D eigenvalue weighted by Crippen LogP contribution is 2.29. The van der Waals surface area contributed by atoms with Crippen LogP contribution in [0.3, 0.4) is 0 Å².